The Labute approximate surface area is 181 Å². The Morgan fingerprint density at radius 2 is 1.96 bits per heavy atom. The Morgan fingerprint density at radius 1 is 1.18 bits per heavy atom. The van der Waals surface area contributed by atoms with Crippen LogP contribution in [0.2, 0.25) is 0 Å². The predicted molar refractivity (Wildman–Crippen MR) is 119 cm³/mol. The van der Waals surface area contributed by atoms with Gasteiger partial charge in [0.2, 0.25) is 0 Å². The predicted octanol–water partition coefficient (Wildman–Crippen LogP) is 4.30. The highest BCUT2D eigenvalue weighted by atomic mass is 127. The van der Waals surface area contributed by atoms with Crippen molar-refractivity contribution in [3.8, 4) is 17.6 Å². The van der Waals surface area contributed by atoms with Crippen molar-refractivity contribution >= 4 is 35.6 Å². The van der Waals surface area contributed by atoms with Crippen molar-refractivity contribution in [2.45, 2.75) is 20.4 Å². The maximum atomic E-state index is 14.0. The molecule has 0 aromatic heterocycles. The summed E-state index contributed by atoms with van der Waals surface area (Å²) in [7, 11) is 1.59. The van der Waals surface area contributed by atoms with E-state index in [-0.39, 0.29) is 36.1 Å². The standard InChI is InChI=1S/C20H23FN4O2.HI/c1-4-23-20(24-13-15-7-6-14(12-22)10-17(15)21)25-16-8-9-18(26-3)19(11-16)27-5-2;/h6-11H,4-5,13H2,1-3H3,(H2,23,24,25);1H. The van der Waals surface area contributed by atoms with E-state index in [0.29, 0.717) is 36.2 Å². The lowest BCUT2D eigenvalue weighted by Crippen LogP contribution is -2.30. The molecule has 0 saturated heterocycles. The van der Waals surface area contributed by atoms with E-state index in [4.69, 9.17) is 14.7 Å². The molecule has 0 bridgehead atoms. The topological polar surface area (TPSA) is 78.7 Å². The van der Waals surface area contributed by atoms with Gasteiger partial charge in [-0.05, 0) is 38.1 Å². The zero-order valence-electron chi connectivity index (χ0n) is 16.1. The molecule has 2 aromatic carbocycles. The number of hydrogen-bond acceptors (Lipinski definition) is 4. The molecule has 0 fully saturated rings. The second-order valence-corrected chi connectivity index (χ2v) is 5.54. The summed E-state index contributed by atoms with van der Waals surface area (Å²) in [5.41, 5.74) is 1.46. The number of aliphatic imine (C=N–C) groups is 1. The third-order valence-corrected chi connectivity index (χ3v) is 3.66. The van der Waals surface area contributed by atoms with Crippen molar-refractivity contribution in [1.29, 1.82) is 5.26 Å². The number of ether oxygens (including phenoxy) is 2. The van der Waals surface area contributed by atoms with Crippen LogP contribution in [0.15, 0.2) is 41.4 Å². The van der Waals surface area contributed by atoms with Crippen molar-refractivity contribution < 1.29 is 13.9 Å². The molecule has 0 spiro atoms. The molecule has 0 radical (unpaired) electrons. The number of nitrogens with zero attached hydrogens (tertiary/aromatic N) is 2. The van der Waals surface area contributed by atoms with Gasteiger partial charge in [-0.1, -0.05) is 6.07 Å². The number of halogens is 2. The summed E-state index contributed by atoms with van der Waals surface area (Å²) < 4.78 is 24.9. The first-order valence-corrected chi connectivity index (χ1v) is 8.65. The smallest absolute Gasteiger partial charge is 0.196 e. The first kappa shape index (κ1) is 23.5. The number of hydrogen-bond donors (Lipinski definition) is 2. The summed E-state index contributed by atoms with van der Waals surface area (Å²) in [5, 5.41) is 15.1. The Balaban J connectivity index is 0.00000392. The minimum Gasteiger partial charge on any atom is -0.493 e. The van der Waals surface area contributed by atoms with Gasteiger partial charge in [-0.3, -0.25) is 0 Å². The van der Waals surface area contributed by atoms with Gasteiger partial charge in [0.15, 0.2) is 17.5 Å². The van der Waals surface area contributed by atoms with Crippen molar-refractivity contribution in [3.05, 3.63) is 53.3 Å². The van der Waals surface area contributed by atoms with Gasteiger partial charge in [0, 0.05) is 23.9 Å². The van der Waals surface area contributed by atoms with Gasteiger partial charge >= 0.3 is 0 Å². The highest BCUT2D eigenvalue weighted by Crippen LogP contribution is 2.30. The SMILES string of the molecule is CCNC(=NCc1ccc(C#N)cc1F)Nc1ccc(OC)c(OCC)c1.I. The molecule has 28 heavy (non-hydrogen) atoms. The van der Waals surface area contributed by atoms with E-state index < -0.39 is 5.82 Å². The lowest BCUT2D eigenvalue weighted by molar-refractivity contribution is 0.311. The first-order chi connectivity index (χ1) is 13.1. The Bertz CT molecular complexity index is 853. The van der Waals surface area contributed by atoms with Crippen LogP contribution in [0.5, 0.6) is 11.5 Å². The summed E-state index contributed by atoms with van der Waals surface area (Å²) >= 11 is 0. The summed E-state index contributed by atoms with van der Waals surface area (Å²) in [5.74, 6) is 1.33. The van der Waals surface area contributed by atoms with Gasteiger partial charge in [-0.2, -0.15) is 5.26 Å². The van der Waals surface area contributed by atoms with Crippen molar-refractivity contribution in [3.63, 3.8) is 0 Å². The van der Waals surface area contributed by atoms with Crippen molar-refractivity contribution in [2.75, 3.05) is 25.6 Å². The Morgan fingerprint density at radius 3 is 2.57 bits per heavy atom. The minimum absolute atomic E-state index is 0. The highest BCUT2D eigenvalue weighted by molar-refractivity contribution is 14.0. The minimum atomic E-state index is -0.447. The van der Waals surface area contributed by atoms with E-state index >= 15 is 0 Å². The van der Waals surface area contributed by atoms with Crippen LogP contribution in [0.3, 0.4) is 0 Å². The molecule has 2 aromatic rings. The second-order valence-electron chi connectivity index (χ2n) is 5.54. The maximum absolute atomic E-state index is 14.0. The van der Waals surface area contributed by atoms with Crippen LogP contribution < -0.4 is 20.1 Å². The Kier molecular flexibility index (Phi) is 10.1. The maximum Gasteiger partial charge on any atom is 0.196 e. The number of anilines is 1. The van der Waals surface area contributed by atoms with E-state index in [0.717, 1.165) is 5.69 Å². The van der Waals surface area contributed by atoms with Gasteiger partial charge in [0.1, 0.15) is 5.82 Å². The normalized spacial score (nSPS) is 10.5. The third kappa shape index (κ3) is 6.56. The lowest BCUT2D eigenvalue weighted by Gasteiger charge is -2.14. The molecule has 8 heteroatoms. The number of rotatable bonds is 7. The van der Waals surface area contributed by atoms with Crippen LogP contribution in [-0.4, -0.2) is 26.2 Å². The van der Waals surface area contributed by atoms with Gasteiger partial charge in [0.05, 0.1) is 31.9 Å². The van der Waals surface area contributed by atoms with Crippen molar-refractivity contribution in [1.82, 2.24) is 5.32 Å². The van der Waals surface area contributed by atoms with Crippen LogP contribution in [-0.2, 0) is 6.54 Å². The molecule has 0 unspecified atom stereocenters. The van der Waals surface area contributed by atoms with E-state index in [9.17, 15) is 4.39 Å². The first-order valence-electron chi connectivity index (χ1n) is 8.65. The number of methoxy groups -OCH3 is 1. The van der Waals surface area contributed by atoms with Crippen LogP contribution in [0.4, 0.5) is 10.1 Å². The molecule has 0 heterocycles. The van der Waals surface area contributed by atoms with Crippen LogP contribution in [0, 0.1) is 17.1 Å². The number of guanidine groups is 1. The molecule has 0 atom stereocenters. The summed E-state index contributed by atoms with van der Waals surface area (Å²) in [6.07, 6.45) is 0. The number of benzene rings is 2. The largest absolute Gasteiger partial charge is 0.493 e. The van der Waals surface area contributed by atoms with E-state index in [1.165, 1.54) is 6.07 Å². The fraction of sp³-hybridized carbons (Fsp3) is 0.300. The average Bonchev–Trinajstić information content (AvgIpc) is 2.67. The summed E-state index contributed by atoms with van der Waals surface area (Å²) in [6, 6.07) is 11.7. The monoisotopic (exact) mass is 498 g/mol. The molecule has 2 N–H and O–H groups in total. The zero-order chi connectivity index (χ0) is 19.6. The Hall–Kier alpha value is -2.54. The molecule has 0 aliphatic rings. The molecular weight excluding hydrogens is 474 g/mol. The second kappa shape index (κ2) is 12.0. The molecule has 0 aliphatic heterocycles. The van der Waals surface area contributed by atoms with Gasteiger partial charge < -0.3 is 20.1 Å². The van der Waals surface area contributed by atoms with Crippen LogP contribution in [0.25, 0.3) is 0 Å². The zero-order valence-corrected chi connectivity index (χ0v) is 18.4. The molecule has 0 aliphatic carbocycles. The molecule has 150 valence electrons. The third-order valence-electron chi connectivity index (χ3n) is 3.66. The highest BCUT2D eigenvalue weighted by Gasteiger charge is 2.08. The molecular formula is C20H24FIN4O2. The fourth-order valence-corrected chi connectivity index (χ4v) is 2.38. The quantitative estimate of drug-likeness (QED) is 0.338. The van der Waals surface area contributed by atoms with Crippen molar-refractivity contribution in [2.24, 2.45) is 4.99 Å². The number of nitrogens with one attached hydrogen (secondary N) is 2. The molecule has 6 nitrogen and oxygen atoms in total. The average molecular weight is 498 g/mol. The lowest BCUT2D eigenvalue weighted by atomic mass is 10.1. The van der Waals surface area contributed by atoms with Gasteiger partial charge in [-0.25, -0.2) is 9.38 Å². The van der Waals surface area contributed by atoms with E-state index in [1.54, 1.807) is 25.3 Å². The fourth-order valence-electron chi connectivity index (χ4n) is 2.38. The molecule has 0 amide bonds. The van der Waals surface area contributed by atoms with Crippen LogP contribution >= 0.6 is 24.0 Å². The van der Waals surface area contributed by atoms with E-state index in [2.05, 4.69) is 15.6 Å². The summed E-state index contributed by atoms with van der Waals surface area (Å²) in [4.78, 5) is 4.41. The van der Waals surface area contributed by atoms with Gasteiger partial charge in [0.25, 0.3) is 0 Å². The number of nitriles is 1. The molecule has 2 rings (SSSR count). The van der Waals surface area contributed by atoms with Crippen LogP contribution in [0.1, 0.15) is 25.0 Å². The molecule has 0 saturated carbocycles. The van der Waals surface area contributed by atoms with Gasteiger partial charge in [-0.15, -0.1) is 24.0 Å². The summed E-state index contributed by atoms with van der Waals surface area (Å²) in [6.45, 7) is 5.15. The van der Waals surface area contributed by atoms with E-state index in [1.807, 2.05) is 32.0 Å².